The van der Waals surface area contributed by atoms with Gasteiger partial charge in [0.2, 0.25) is 0 Å². The van der Waals surface area contributed by atoms with Gasteiger partial charge in [-0.2, -0.15) is 0 Å². The van der Waals surface area contributed by atoms with Gasteiger partial charge < -0.3 is 10.6 Å². The van der Waals surface area contributed by atoms with Crippen LogP contribution < -0.4 is 5.73 Å². The molecule has 3 N–H and O–H groups in total. The van der Waals surface area contributed by atoms with E-state index in [1.165, 1.54) is 6.08 Å². The van der Waals surface area contributed by atoms with Crippen LogP contribution in [0.3, 0.4) is 0 Å². The van der Waals surface area contributed by atoms with E-state index in [9.17, 15) is 14.7 Å². The van der Waals surface area contributed by atoms with Crippen molar-refractivity contribution in [2.24, 2.45) is 11.7 Å². The zero-order valence-corrected chi connectivity index (χ0v) is 13.6. The number of amidine groups is 1. The predicted molar refractivity (Wildman–Crippen MR) is 92.1 cm³/mol. The van der Waals surface area contributed by atoms with Crippen LogP contribution in [-0.2, 0) is 9.90 Å². The number of nitrogen functional groups attached to an aromatic ring is 1. The molecule has 0 aromatic heterocycles. The Morgan fingerprint density at radius 3 is 2.56 bits per heavy atom. The first-order chi connectivity index (χ1) is 12.0. The molecule has 6 nitrogen and oxygen atoms in total. The first-order valence-electron chi connectivity index (χ1n) is 8.09. The van der Waals surface area contributed by atoms with Crippen LogP contribution in [0.4, 0.5) is 0 Å². The number of carbonyl (C=O) groups excluding carboxylic acids is 2. The number of hydrogen-bond donors (Lipinski definition) is 2. The van der Waals surface area contributed by atoms with Gasteiger partial charge in [0.25, 0.3) is 5.91 Å². The van der Waals surface area contributed by atoms with Crippen molar-refractivity contribution in [2.45, 2.75) is 18.9 Å². The van der Waals surface area contributed by atoms with Gasteiger partial charge >= 0.3 is 0 Å². The summed E-state index contributed by atoms with van der Waals surface area (Å²) < 4.78 is 0. The molecular formula is C19H18N3O3. The summed E-state index contributed by atoms with van der Waals surface area (Å²) in [5.41, 5.74) is 6.56. The van der Waals surface area contributed by atoms with E-state index in [4.69, 9.17) is 11.1 Å². The van der Waals surface area contributed by atoms with Crippen molar-refractivity contribution in [1.29, 1.82) is 5.41 Å². The van der Waals surface area contributed by atoms with E-state index < -0.39 is 5.92 Å². The molecule has 1 aromatic rings. The number of rotatable bonds is 3. The number of nitrogens with one attached hydrogen (secondary N) is 1. The fourth-order valence-electron chi connectivity index (χ4n) is 3.43. The monoisotopic (exact) mass is 336 g/mol. The van der Waals surface area contributed by atoms with E-state index in [2.05, 4.69) is 0 Å². The Labute approximate surface area is 145 Å². The zero-order chi connectivity index (χ0) is 18.0. The average Bonchev–Trinajstić information content (AvgIpc) is 3.10. The summed E-state index contributed by atoms with van der Waals surface area (Å²) in [6.45, 7) is 0.576. The molecule has 1 heterocycles. The Morgan fingerprint density at radius 1 is 1.24 bits per heavy atom. The highest BCUT2D eigenvalue weighted by molar-refractivity contribution is 5.98. The van der Waals surface area contributed by atoms with Gasteiger partial charge in [-0.05, 0) is 31.1 Å². The molecule has 2 unspecified atom stereocenters. The molecular weight excluding hydrogens is 318 g/mol. The lowest BCUT2D eigenvalue weighted by molar-refractivity contribution is 0.0714. The van der Waals surface area contributed by atoms with Gasteiger partial charge in [-0.3, -0.25) is 15.3 Å². The molecule has 3 rings (SSSR count). The topological polar surface area (TPSA) is 107 Å². The molecule has 0 saturated carbocycles. The third kappa shape index (κ3) is 3.12. The summed E-state index contributed by atoms with van der Waals surface area (Å²) in [4.78, 5) is 25.8. The largest absolute Gasteiger partial charge is 0.384 e. The predicted octanol–water partition coefficient (Wildman–Crippen LogP) is 1.83. The lowest BCUT2D eigenvalue weighted by atomic mass is 9.86. The van der Waals surface area contributed by atoms with Crippen molar-refractivity contribution >= 4 is 17.7 Å². The number of hydrogen-bond acceptors (Lipinski definition) is 3. The molecule has 0 bridgehead atoms. The summed E-state index contributed by atoms with van der Waals surface area (Å²) in [5.74, 6) is 0.791. The van der Waals surface area contributed by atoms with Crippen molar-refractivity contribution in [3.63, 3.8) is 0 Å². The van der Waals surface area contributed by atoms with Gasteiger partial charge in [-0.1, -0.05) is 24.3 Å². The van der Waals surface area contributed by atoms with E-state index in [1.807, 2.05) is 0 Å². The van der Waals surface area contributed by atoms with Crippen LogP contribution in [0.5, 0.6) is 0 Å². The molecule has 1 aliphatic carbocycles. The Kier molecular flexibility index (Phi) is 4.55. The normalized spacial score (nSPS) is 22.5. The summed E-state index contributed by atoms with van der Waals surface area (Å²) in [6.07, 6.45) is 6.31. The maximum atomic E-state index is 12.9. The average molecular weight is 336 g/mol. The quantitative estimate of drug-likeness (QED) is 0.499. The second-order valence-electron chi connectivity index (χ2n) is 6.16. The lowest BCUT2D eigenvalue weighted by Gasteiger charge is -2.31. The van der Waals surface area contributed by atoms with Crippen LogP contribution in [0.2, 0.25) is 0 Å². The SMILES string of the molecule is N=C(N)c1ccc(C(=O)N2CCCC2C2C=CC=C([O])C2=C=O)cc1. The van der Waals surface area contributed by atoms with Gasteiger partial charge in [0.1, 0.15) is 11.8 Å². The van der Waals surface area contributed by atoms with Crippen LogP contribution >= 0.6 is 0 Å². The number of nitrogens with zero attached hydrogens (tertiary/aromatic N) is 1. The van der Waals surface area contributed by atoms with Crippen LogP contribution in [0, 0.1) is 11.3 Å². The van der Waals surface area contributed by atoms with Crippen molar-refractivity contribution in [3.8, 4) is 0 Å². The van der Waals surface area contributed by atoms with E-state index in [1.54, 1.807) is 47.3 Å². The van der Waals surface area contributed by atoms with Crippen molar-refractivity contribution < 1.29 is 14.7 Å². The first kappa shape index (κ1) is 16.7. The highest BCUT2D eigenvalue weighted by atomic mass is 16.3. The fraction of sp³-hybridized carbons (Fsp3) is 0.263. The van der Waals surface area contributed by atoms with E-state index >= 15 is 0 Å². The molecule has 1 saturated heterocycles. The van der Waals surface area contributed by atoms with Gasteiger partial charge in [-0.25, -0.2) is 4.79 Å². The lowest BCUT2D eigenvalue weighted by Crippen LogP contribution is -2.40. The fourth-order valence-corrected chi connectivity index (χ4v) is 3.43. The molecule has 127 valence electrons. The summed E-state index contributed by atoms with van der Waals surface area (Å²) in [7, 11) is 0. The highest BCUT2D eigenvalue weighted by Crippen LogP contribution is 2.34. The van der Waals surface area contributed by atoms with Crippen molar-refractivity contribution in [3.05, 3.63) is 65.0 Å². The second kappa shape index (κ2) is 6.79. The number of allylic oxidation sites excluding steroid dienone is 3. The highest BCUT2D eigenvalue weighted by Gasteiger charge is 2.38. The molecule has 0 spiro atoms. The number of carbonyl (C=O) groups is 1. The maximum Gasteiger partial charge on any atom is 0.254 e. The minimum Gasteiger partial charge on any atom is -0.384 e. The Balaban J connectivity index is 1.85. The number of amides is 1. The molecule has 1 fully saturated rings. The molecule has 6 heteroatoms. The zero-order valence-electron chi connectivity index (χ0n) is 13.6. The van der Waals surface area contributed by atoms with E-state index in [0.29, 0.717) is 17.7 Å². The molecule has 25 heavy (non-hydrogen) atoms. The Morgan fingerprint density at radius 2 is 1.92 bits per heavy atom. The number of benzene rings is 1. The molecule has 2 aliphatic rings. The molecule has 1 aliphatic heterocycles. The Hall–Kier alpha value is -3.11. The van der Waals surface area contributed by atoms with Gasteiger partial charge in [0.15, 0.2) is 5.76 Å². The smallest absolute Gasteiger partial charge is 0.254 e. The number of nitrogens with two attached hydrogens (primary N) is 1. The minimum atomic E-state index is -0.419. The molecule has 1 radical (unpaired) electrons. The maximum absolute atomic E-state index is 12.9. The van der Waals surface area contributed by atoms with Gasteiger partial charge in [-0.15, -0.1) is 0 Å². The number of likely N-dealkylation sites (tertiary alicyclic amines) is 1. The minimum absolute atomic E-state index is 0.0547. The van der Waals surface area contributed by atoms with Gasteiger partial charge in [0, 0.05) is 29.6 Å². The summed E-state index contributed by atoms with van der Waals surface area (Å²) in [5, 5.41) is 19.3. The summed E-state index contributed by atoms with van der Waals surface area (Å²) in [6, 6.07) is 6.32. The second-order valence-corrected chi connectivity index (χ2v) is 6.16. The molecule has 1 aromatic carbocycles. The van der Waals surface area contributed by atoms with Crippen molar-refractivity contribution in [1.82, 2.24) is 4.90 Å². The summed E-state index contributed by atoms with van der Waals surface area (Å²) >= 11 is 0. The third-order valence-corrected chi connectivity index (χ3v) is 4.69. The standard InChI is InChI=1S/C19H18N3O3/c20-18(21)12-6-8-13(9-7-12)19(25)22-10-2-4-16(22)14-3-1-5-17(24)15(14)11-23/h1,3,5-9,14,16H,2,4,10H2,(H3,20,21). The van der Waals surface area contributed by atoms with Crippen LogP contribution in [-0.4, -0.2) is 35.2 Å². The van der Waals surface area contributed by atoms with Crippen molar-refractivity contribution in [2.75, 3.05) is 6.54 Å². The van der Waals surface area contributed by atoms with Gasteiger partial charge in [0.05, 0.1) is 5.57 Å². The Bertz CT molecular complexity index is 817. The van der Waals surface area contributed by atoms with Crippen LogP contribution in [0.15, 0.2) is 53.8 Å². The molecule has 2 atom stereocenters. The van der Waals surface area contributed by atoms with Crippen LogP contribution in [0.1, 0.15) is 28.8 Å². The molecule has 1 amide bonds. The van der Waals surface area contributed by atoms with E-state index in [-0.39, 0.29) is 29.1 Å². The first-order valence-corrected chi connectivity index (χ1v) is 8.09. The third-order valence-electron chi connectivity index (χ3n) is 4.69. The van der Waals surface area contributed by atoms with Crippen LogP contribution in [0.25, 0.3) is 0 Å². The van der Waals surface area contributed by atoms with E-state index in [0.717, 1.165) is 12.8 Å².